The number of cyclic esters (lactones) is 1. The summed E-state index contributed by atoms with van der Waals surface area (Å²) < 4.78 is 18.0. The number of esters is 1. The number of carbonyl (C=O) groups is 1. The minimum atomic E-state index is -0.330. The number of hydrogen-bond acceptors (Lipinski definition) is 3. The van der Waals surface area contributed by atoms with Crippen LogP contribution in [0.1, 0.15) is 10.4 Å². The average molecular weight is 243 g/mol. The zero-order valence-corrected chi connectivity index (χ0v) is 9.47. The van der Waals surface area contributed by atoms with Gasteiger partial charge in [0.15, 0.2) is 6.73 Å². The van der Waals surface area contributed by atoms with Crippen LogP contribution in [0.25, 0.3) is 0 Å². The fourth-order valence-electron chi connectivity index (χ4n) is 1.99. The van der Waals surface area contributed by atoms with Crippen LogP contribution in [0.3, 0.4) is 0 Å². The summed E-state index contributed by atoms with van der Waals surface area (Å²) in [6.45, 7) is 0.140. The molecule has 0 aromatic heterocycles. The molecule has 0 saturated carbocycles. The second kappa shape index (κ2) is 4.14. The zero-order valence-electron chi connectivity index (χ0n) is 9.47. The number of halogens is 1. The summed E-state index contributed by atoms with van der Waals surface area (Å²) in [4.78, 5) is 13.4. The Labute approximate surface area is 103 Å². The lowest BCUT2D eigenvalue weighted by Gasteiger charge is -2.30. The molecule has 0 saturated heterocycles. The summed E-state index contributed by atoms with van der Waals surface area (Å²) in [6.07, 6.45) is 0. The van der Waals surface area contributed by atoms with E-state index in [9.17, 15) is 9.18 Å². The molecule has 3 rings (SSSR count). The van der Waals surface area contributed by atoms with Crippen LogP contribution in [0.5, 0.6) is 0 Å². The van der Waals surface area contributed by atoms with Gasteiger partial charge in [-0.05, 0) is 36.4 Å². The van der Waals surface area contributed by atoms with Gasteiger partial charge in [0.25, 0.3) is 0 Å². The smallest absolute Gasteiger partial charge is 0.342 e. The van der Waals surface area contributed by atoms with Gasteiger partial charge in [0.05, 0.1) is 11.3 Å². The molecule has 2 aromatic carbocycles. The minimum absolute atomic E-state index is 0.140. The predicted molar refractivity (Wildman–Crippen MR) is 65.3 cm³/mol. The Hall–Kier alpha value is -2.36. The third kappa shape index (κ3) is 1.72. The van der Waals surface area contributed by atoms with Crippen molar-refractivity contribution in [3.8, 4) is 0 Å². The van der Waals surface area contributed by atoms with Gasteiger partial charge in [-0.25, -0.2) is 9.18 Å². The Bertz CT molecular complexity index is 595. The summed E-state index contributed by atoms with van der Waals surface area (Å²) in [5.74, 6) is -0.620. The van der Waals surface area contributed by atoms with E-state index in [1.54, 1.807) is 24.3 Å². The number of fused-ring (bicyclic) bond motifs is 1. The fraction of sp³-hybridized carbons (Fsp3) is 0.0714. The maximum Gasteiger partial charge on any atom is 0.342 e. The van der Waals surface area contributed by atoms with Crippen molar-refractivity contribution in [2.75, 3.05) is 11.6 Å². The van der Waals surface area contributed by atoms with E-state index < -0.39 is 0 Å². The highest BCUT2D eigenvalue weighted by atomic mass is 19.1. The summed E-state index contributed by atoms with van der Waals surface area (Å²) in [7, 11) is 0. The zero-order chi connectivity index (χ0) is 12.5. The molecule has 0 fully saturated rings. The summed E-state index contributed by atoms with van der Waals surface area (Å²) in [6, 6.07) is 13.3. The van der Waals surface area contributed by atoms with E-state index in [2.05, 4.69) is 0 Å². The first-order valence-electron chi connectivity index (χ1n) is 5.55. The van der Waals surface area contributed by atoms with E-state index in [1.165, 1.54) is 12.1 Å². The quantitative estimate of drug-likeness (QED) is 0.721. The molecule has 0 bridgehead atoms. The molecule has 1 aliphatic rings. The molecule has 4 heteroatoms. The first kappa shape index (κ1) is 10.8. The van der Waals surface area contributed by atoms with Crippen molar-refractivity contribution in [2.45, 2.75) is 0 Å². The normalized spacial score (nSPS) is 14.1. The highest BCUT2D eigenvalue weighted by molar-refractivity contribution is 5.98. The molecule has 0 aliphatic carbocycles. The van der Waals surface area contributed by atoms with Crippen LogP contribution in [0.2, 0.25) is 0 Å². The Morgan fingerprint density at radius 2 is 1.78 bits per heavy atom. The second-order valence-electron chi connectivity index (χ2n) is 3.98. The standard InChI is InChI=1S/C14H10FNO2/c15-10-5-7-11(8-6-10)16-9-18-14(17)12-3-1-2-4-13(12)16/h1-8H,9H2. The molecule has 2 aromatic rings. The first-order valence-corrected chi connectivity index (χ1v) is 5.55. The maximum absolute atomic E-state index is 12.9. The molecule has 3 nitrogen and oxygen atoms in total. The highest BCUT2D eigenvalue weighted by Gasteiger charge is 2.24. The van der Waals surface area contributed by atoms with Crippen LogP contribution in [-0.2, 0) is 4.74 Å². The highest BCUT2D eigenvalue weighted by Crippen LogP contribution is 2.32. The van der Waals surface area contributed by atoms with Crippen molar-refractivity contribution < 1.29 is 13.9 Å². The molecule has 0 N–H and O–H groups in total. The number of para-hydroxylation sites is 1. The van der Waals surface area contributed by atoms with Crippen molar-refractivity contribution >= 4 is 17.3 Å². The average Bonchev–Trinajstić information content (AvgIpc) is 2.41. The Morgan fingerprint density at radius 3 is 2.56 bits per heavy atom. The van der Waals surface area contributed by atoms with Crippen LogP contribution >= 0.6 is 0 Å². The first-order chi connectivity index (χ1) is 8.75. The lowest BCUT2D eigenvalue weighted by molar-refractivity contribution is 0.0494. The van der Waals surface area contributed by atoms with Gasteiger partial charge in [0, 0.05) is 5.69 Å². The lowest BCUT2D eigenvalue weighted by atomic mass is 10.1. The van der Waals surface area contributed by atoms with Gasteiger partial charge >= 0.3 is 5.97 Å². The number of carbonyl (C=O) groups excluding carboxylic acids is 1. The van der Waals surface area contributed by atoms with E-state index in [0.717, 1.165) is 11.4 Å². The molecule has 1 aliphatic heterocycles. The van der Waals surface area contributed by atoms with E-state index in [0.29, 0.717) is 5.56 Å². The van der Waals surface area contributed by atoms with Crippen molar-refractivity contribution in [3.05, 3.63) is 59.9 Å². The minimum Gasteiger partial charge on any atom is -0.440 e. The van der Waals surface area contributed by atoms with Gasteiger partial charge in [-0.3, -0.25) is 0 Å². The molecule has 0 spiro atoms. The van der Waals surface area contributed by atoms with E-state index in [-0.39, 0.29) is 18.5 Å². The number of benzene rings is 2. The topological polar surface area (TPSA) is 29.5 Å². The molecule has 0 unspecified atom stereocenters. The molecule has 1 heterocycles. The number of hydrogen-bond donors (Lipinski definition) is 0. The molecule has 0 atom stereocenters. The number of ether oxygens (including phenoxy) is 1. The van der Waals surface area contributed by atoms with Crippen molar-refractivity contribution in [1.29, 1.82) is 0 Å². The monoisotopic (exact) mass is 243 g/mol. The molecule has 18 heavy (non-hydrogen) atoms. The lowest BCUT2D eigenvalue weighted by Crippen LogP contribution is -2.30. The summed E-state index contributed by atoms with van der Waals surface area (Å²) in [5, 5.41) is 0. The molecular formula is C14H10FNO2. The second-order valence-corrected chi connectivity index (χ2v) is 3.98. The van der Waals surface area contributed by atoms with Gasteiger partial charge in [0.1, 0.15) is 5.82 Å². The molecular weight excluding hydrogens is 233 g/mol. The summed E-state index contributed by atoms with van der Waals surface area (Å²) >= 11 is 0. The SMILES string of the molecule is O=C1OCN(c2ccc(F)cc2)c2ccccc21. The maximum atomic E-state index is 12.9. The van der Waals surface area contributed by atoms with Gasteiger partial charge in [-0.1, -0.05) is 12.1 Å². The third-order valence-electron chi connectivity index (χ3n) is 2.88. The van der Waals surface area contributed by atoms with Gasteiger partial charge in [0.2, 0.25) is 0 Å². The number of rotatable bonds is 1. The molecule has 90 valence electrons. The van der Waals surface area contributed by atoms with Crippen LogP contribution in [0.4, 0.5) is 15.8 Å². The molecule has 0 radical (unpaired) electrons. The van der Waals surface area contributed by atoms with Crippen molar-refractivity contribution in [3.63, 3.8) is 0 Å². The Balaban J connectivity index is 2.07. The van der Waals surface area contributed by atoms with Gasteiger partial charge < -0.3 is 9.64 Å². The van der Waals surface area contributed by atoms with Crippen LogP contribution in [-0.4, -0.2) is 12.7 Å². The molecule has 0 amide bonds. The Kier molecular flexibility index (Phi) is 2.48. The van der Waals surface area contributed by atoms with Crippen LogP contribution in [0, 0.1) is 5.82 Å². The summed E-state index contributed by atoms with van der Waals surface area (Å²) in [5.41, 5.74) is 2.09. The van der Waals surface area contributed by atoms with E-state index >= 15 is 0 Å². The van der Waals surface area contributed by atoms with Crippen molar-refractivity contribution in [1.82, 2.24) is 0 Å². The Morgan fingerprint density at radius 1 is 1.06 bits per heavy atom. The van der Waals surface area contributed by atoms with Crippen LogP contribution in [0.15, 0.2) is 48.5 Å². The number of nitrogens with zero attached hydrogens (tertiary/aromatic N) is 1. The van der Waals surface area contributed by atoms with Crippen LogP contribution < -0.4 is 4.90 Å². The number of anilines is 2. The fourth-order valence-corrected chi connectivity index (χ4v) is 1.99. The van der Waals surface area contributed by atoms with E-state index in [4.69, 9.17) is 4.74 Å². The van der Waals surface area contributed by atoms with Crippen molar-refractivity contribution in [2.24, 2.45) is 0 Å². The van der Waals surface area contributed by atoms with E-state index in [1.807, 2.05) is 17.0 Å². The predicted octanol–water partition coefficient (Wildman–Crippen LogP) is 3.09. The largest absolute Gasteiger partial charge is 0.440 e. The van der Waals surface area contributed by atoms with Gasteiger partial charge in [-0.2, -0.15) is 0 Å². The van der Waals surface area contributed by atoms with Gasteiger partial charge in [-0.15, -0.1) is 0 Å². The third-order valence-corrected chi connectivity index (χ3v) is 2.88.